The third-order valence-electron chi connectivity index (χ3n) is 6.00. The van der Waals surface area contributed by atoms with Crippen LogP contribution in [0.3, 0.4) is 0 Å². The van der Waals surface area contributed by atoms with Gasteiger partial charge in [0, 0.05) is 67.9 Å². The number of hydrogen-bond donors (Lipinski definition) is 1. The lowest BCUT2D eigenvalue weighted by atomic mass is 10.2. The fourth-order valence-electron chi connectivity index (χ4n) is 4.51. The summed E-state index contributed by atoms with van der Waals surface area (Å²) in [6, 6.07) is 19.2. The summed E-state index contributed by atoms with van der Waals surface area (Å²) in [5.41, 5.74) is 2.38. The molecule has 2 aromatic carbocycles. The summed E-state index contributed by atoms with van der Waals surface area (Å²) in [6.45, 7) is 5.05. The van der Waals surface area contributed by atoms with E-state index >= 15 is 0 Å². The van der Waals surface area contributed by atoms with Gasteiger partial charge in [0.25, 0.3) is 0 Å². The normalized spacial score (nSPS) is 16.3. The third kappa shape index (κ3) is 4.55. The number of halogens is 2. The van der Waals surface area contributed by atoms with Gasteiger partial charge in [-0.1, -0.05) is 6.07 Å². The molecule has 2 aromatic heterocycles. The number of pyridine rings is 1. The summed E-state index contributed by atoms with van der Waals surface area (Å²) in [5.74, 6) is 1.04. The maximum absolute atomic E-state index is 11.0. The van der Waals surface area contributed by atoms with Crippen molar-refractivity contribution < 1.29 is 5.11 Å². The third-order valence-corrected chi connectivity index (χ3v) is 7.34. The van der Waals surface area contributed by atoms with E-state index in [0.29, 0.717) is 13.1 Å². The highest BCUT2D eigenvalue weighted by atomic mass is 127. The van der Waals surface area contributed by atoms with Crippen LogP contribution < -0.4 is 4.90 Å². The van der Waals surface area contributed by atoms with Gasteiger partial charge in [-0.3, -0.25) is 4.90 Å². The number of fused-ring (bicyclic) bond motifs is 3. The molecule has 5 nitrogen and oxygen atoms in total. The van der Waals surface area contributed by atoms with Crippen LogP contribution in [0.25, 0.3) is 21.8 Å². The molecule has 0 saturated carbocycles. The van der Waals surface area contributed by atoms with Crippen LogP contribution in [0.5, 0.6) is 0 Å². The molecule has 1 aliphatic heterocycles. The quantitative estimate of drug-likeness (QED) is 0.326. The number of hydrogen-bond acceptors (Lipinski definition) is 4. The summed E-state index contributed by atoms with van der Waals surface area (Å²) in [7, 11) is 0. The van der Waals surface area contributed by atoms with Crippen LogP contribution in [0.4, 0.5) is 5.82 Å². The monoisotopic (exact) mass is 638 g/mol. The molecule has 5 rings (SSSR count). The van der Waals surface area contributed by atoms with Crippen molar-refractivity contribution in [3.05, 3.63) is 67.9 Å². The fourth-order valence-corrected chi connectivity index (χ4v) is 5.49. The van der Waals surface area contributed by atoms with Crippen molar-refractivity contribution >= 4 is 72.8 Å². The predicted octanol–water partition coefficient (Wildman–Crippen LogP) is 4.58. The second kappa shape index (κ2) is 9.21. The smallest absolute Gasteiger partial charge is 0.128 e. The van der Waals surface area contributed by atoms with E-state index in [-0.39, 0.29) is 0 Å². The summed E-state index contributed by atoms with van der Waals surface area (Å²) in [5, 5.41) is 13.5. The minimum Gasteiger partial charge on any atom is -0.390 e. The zero-order valence-corrected chi connectivity index (χ0v) is 21.4. The number of aliphatic hydroxyl groups is 1. The number of β-amino-alcohol motifs (C(OH)–C–C–N with tert-alkyl or cyclic N) is 1. The van der Waals surface area contributed by atoms with Crippen LogP contribution in [0.1, 0.15) is 0 Å². The van der Waals surface area contributed by atoms with Crippen molar-refractivity contribution in [2.75, 3.05) is 37.6 Å². The summed E-state index contributed by atoms with van der Waals surface area (Å²) < 4.78 is 4.75. The molecule has 0 aliphatic carbocycles. The Bertz CT molecular complexity index is 1140. The Kier molecular flexibility index (Phi) is 6.36. The van der Waals surface area contributed by atoms with Gasteiger partial charge in [-0.15, -0.1) is 0 Å². The number of aromatic nitrogens is 2. The molecular weight excluding hydrogens is 614 g/mol. The van der Waals surface area contributed by atoms with Gasteiger partial charge in [0.2, 0.25) is 0 Å². The van der Waals surface area contributed by atoms with E-state index in [9.17, 15) is 5.11 Å². The molecule has 0 radical (unpaired) electrons. The predicted molar refractivity (Wildman–Crippen MR) is 144 cm³/mol. The van der Waals surface area contributed by atoms with E-state index in [1.807, 2.05) is 18.3 Å². The Balaban J connectivity index is 1.31. The highest BCUT2D eigenvalue weighted by Gasteiger charge is 2.21. The second-order valence-corrected chi connectivity index (χ2v) is 10.6. The van der Waals surface area contributed by atoms with Crippen LogP contribution in [0.15, 0.2) is 60.8 Å². The Labute approximate surface area is 209 Å². The molecule has 1 atom stereocenters. The highest BCUT2D eigenvalue weighted by Crippen LogP contribution is 2.31. The van der Waals surface area contributed by atoms with E-state index in [4.69, 9.17) is 0 Å². The van der Waals surface area contributed by atoms with Gasteiger partial charge in [-0.2, -0.15) is 0 Å². The van der Waals surface area contributed by atoms with Gasteiger partial charge in [0.1, 0.15) is 5.82 Å². The lowest BCUT2D eigenvalue weighted by Crippen LogP contribution is -2.49. The van der Waals surface area contributed by atoms with Crippen LogP contribution in [-0.4, -0.2) is 58.4 Å². The topological polar surface area (TPSA) is 44.5 Å². The van der Waals surface area contributed by atoms with Crippen molar-refractivity contribution in [1.29, 1.82) is 0 Å². The molecule has 0 bridgehead atoms. The van der Waals surface area contributed by atoms with Crippen molar-refractivity contribution in [3.63, 3.8) is 0 Å². The molecule has 31 heavy (non-hydrogen) atoms. The summed E-state index contributed by atoms with van der Waals surface area (Å²) >= 11 is 4.74. The summed E-state index contributed by atoms with van der Waals surface area (Å²) in [4.78, 5) is 9.15. The van der Waals surface area contributed by atoms with Crippen molar-refractivity contribution in [2.45, 2.75) is 12.6 Å². The fraction of sp³-hybridized carbons (Fsp3) is 0.292. The maximum Gasteiger partial charge on any atom is 0.128 e. The van der Waals surface area contributed by atoms with E-state index in [0.717, 1.165) is 32.0 Å². The number of piperazine rings is 1. The van der Waals surface area contributed by atoms with Gasteiger partial charge >= 0.3 is 0 Å². The van der Waals surface area contributed by atoms with Gasteiger partial charge in [0.05, 0.1) is 12.6 Å². The number of anilines is 1. The minimum absolute atomic E-state index is 0.418. The molecule has 1 N–H and O–H groups in total. The number of benzene rings is 2. The lowest BCUT2D eigenvalue weighted by molar-refractivity contribution is 0.0968. The van der Waals surface area contributed by atoms with Crippen LogP contribution in [-0.2, 0) is 6.54 Å². The molecule has 0 unspecified atom stereocenters. The SMILES string of the molecule is O[C@H](CN1CCN(c2ccccn2)CC1)Cn1c2ccc(I)cc2c2cc(I)ccc21. The average molecular weight is 638 g/mol. The first-order chi connectivity index (χ1) is 15.1. The molecule has 7 heteroatoms. The molecule has 4 aromatic rings. The zero-order chi connectivity index (χ0) is 21.4. The molecule has 0 amide bonds. The van der Waals surface area contributed by atoms with E-state index in [1.165, 1.54) is 28.9 Å². The van der Waals surface area contributed by atoms with Crippen molar-refractivity contribution in [3.8, 4) is 0 Å². The molecule has 3 heterocycles. The van der Waals surface area contributed by atoms with E-state index in [2.05, 4.69) is 107 Å². The number of rotatable bonds is 5. The molecule has 1 saturated heterocycles. The molecule has 160 valence electrons. The standard InChI is InChI=1S/C24H24I2N4O/c25-17-4-6-22-20(13-17)21-14-18(26)5-7-23(21)30(22)16-19(31)15-28-9-11-29(12-10-28)24-3-1-2-8-27-24/h1-8,13-14,19,31H,9-12,15-16H2/t19-/m1/s1. The number of aliphatic hydroxyl groups excluding tert-OH is 1. The number of nitrogens with zero attached hydrogens (tertiary/aromatic N) is 4. The second-order valence-electron chi connectivity index (χ2n) is 8.06. The van der Waals surface area contributed by atoms with Gasteiger partial charge in [0.15, 0.2) is 0 Å². The molecule has 1 aliphatic rings. The molecule has 0 spiro atoms. The Hall–Kier alpha value is -1.43. The van der Waals surface area contributed by atoms with Crippen molar-refractivity contribution in [1.82, 2.24) is 14.5 Å². The minimum atomic E-state index is -0.418. The van der Waals surface area contributed by atoms with Gasteiger partial charge < -0.3 is 14.6 Å². The van der Waals surface area contributed by atoms with Gasteiger partial charge in [-0.25, -0.2) is 4.98 Å². The average Bonchev–Trinajstić information content (AvgIpc) is 3.07. The Morgan fingerprint density at radius 3 is 2.06 bits per heavy atom. The first kappa shape index (κ1) is 21.4. The first-order valence-corrected chi connectivity index (χ1v) is 12.7. The zero-order valence-electron chi connectivity index (χ0n) is 17.1. The van der Waals surface area contributed by atoms with Crippen LogP contribution >= 0.6 is 45.2 Å². The Morgan fingerprint density at radius 2 is 1.48 bits per heavy atom. The van der Waals surface area contributed by atoms with E-state index in [1.54, 1.807) is 0 Å². The Morgan fingerprint density at radius 1 is 0.839 bits per heavy atom. The maximum atomic E-state index is 11.0. The highest BCUT2D eigenvalue weighted by molar-refractivity contribution is 14.1. The van der Waals surface area contributed by atoms with Gasteiger partial charge in [-0.05, 0) is 93.7 Å². The summed E-state index contributed by atoms with van der Waals surface area (Å²) in [6.07, 6.45) is 1.43. The molecule has 1 fully saturated rings. The largest absolute Gasteiger partial charge is 0.390 e. The lowest BCUT2D eigenvalue weighted by Gasteiger charge is -2.36. The molecular formula is C24H24I2N4O. The van der Waals surface area contributed by atoms with Crippen molar-refractivity contribution in [2.24, 2.45) is 0 Å². The van der Waals surface area contributed by atoms with E-state index < -0.39 is 6.10 Å². The first-order valence-electron chi connectivity index (χ1n) is 10.5. The van der Waals surface area contributed by atoms with Crippen LogP contribution in [0.2, 0.25) is 0 Å². The van der Waals surface area contributed by atoms with Crippen LogP contribution in [0, 0.1) is 7.14 Å².